The number of nitrogens with zero attached hydrogens (tertiary/aromatic N) is 1. The van der Waals surface area contributed by atoms with E-state index in [4.69, 9.17) is 13.7 Å². The van der Waals surface area contributed by atoms with Gasteiger partial charge in [0.25, 0.3) is 0 Å². The Morgan fingerprint density at radius 3 is 2.41 bits per heavy atom. The number of methoxy groups -OCH3 is 1. The van der Waals surface area contributed by atoms with Crippen molar-refractivity contribution in [1.82, 2.24) is 10.2 Å². The van der Waals surface area contributed by atoms with Crippen molar-refractivity contribution >= 4 is 22.1 Å². The van der Waals surface area contributed by atoms with Gasteiger partial charge in [-0.2, -0.15) is 8.42 Å². The van der Waals surface area contributed by atoms with Crippen molar-refractivity contribution in [2.45, 2.75) is 19.9 Å². The van der Waals surface area contributed by atoms with Gasteiger partial charge < -0.3 is 23.9 Å². The summed E-state index contributed by atoms with van der Waals surface area (Å²) in [4.78, 5) is 25.3. The van der Waals surface area contributed by atoms with E-state index in [1.807, 2.05) is 0 Å². The molecule has 1 rings (SSSR count). The molecular weight excluding hydrogens is 376 g/mol. The summed E-state index contributed by atoms with van der Waals surface area (Å²) < 4.78 is 36.9. The molecule has 0 aliphatic heterocycles. The topological polar surface area (TPSA) is 111 Å². The molecule has 0 saturated heterocycles. The molecule has 0 bridgehead atoms. The highest BCUT2D eigenvalue weighted by Crippen LogP contribution is 2.15. The van der Waals surface area contributed by atoms with Gasteiger partial charge in [0.2, 0.25) is 0 Å². The van der Waals surface area contributed by atoms with E-state index < -0.39 is 22.1 Å². The van der Waals surface area contributed by atoms with Gasteiger partial charge in [0.05, 0.1) is 12.9 Å². The van der Waals surface area contributed by atoms with Crippen LogP contribution in [0, 0.1) is 0 Å². The monoisotopic (exact) mass is 402 g/mol. The minimum atomic E-state index is -3.59. The summed E-state index contributed by atoms with van der Waals surface area (Å²) in [6.45, 7) is 2.90. The number of esters is 1. The number of hydrogen-bond acceptors (Lipinski definition) is 7. The van der Waals surface area contributed by atoms with Crippen LogP contribution < -0.4 is 9.50 Å². The lowest BCUT2D eigenvalue weighted by atomic mass is 10.2. The number of rotatable bonds is 11. The maximum absolute atomic E-state index is 12.4. The Morgan fingerprint density at radius 1 is 1.19 bits per heavy atom. The van der Waals surface area contributed by atoms with Crippen LogP contribution in [0.5, 0.6) is 5.75 Å². The SMILES string of the molecule is CCOC(=O)CNC(=O)N(CCCOC)Cc1ccc(OS(C)(=O)=O)cc1. The van der Waals surface area contributed by atoms with Crippen molar-refractivity contribution < 1.29 is 31.7 Å². The van der Waals surface area contributed by atoms with Crippen molar-refractivity contribution in [1.29, 1.82) is 0 Å². The molecular formula is C17H26N2O7S. The second kappa shape index (κ2) is 11.4. The first kappa shape index (κ1) is 22.7. The van der Waals surface area contributed by atoms with Crippen LogP contribution in [0.1, 0.15) is 18.9 Å². The van der Waals surface area contributed by atoms with Crippen LogP contribution in [0.3, 0.4) is 0 Å². The van der Waals surface area contributed by atoms with E-state index in [2.05, 4.69) is 5.32 Å². The van der Waals surface area contributed by atoms with Crippen LogP contribution in [-0.2, 0) is 30.9 Å². The number of carbonyl (C=O) groups excluding carboxylic acids is 2. The standard InChI is InChI=1S/C17H26N2O7S/c1-4-25-16(20)12-18-17(21)19(10-5-11-24-2)13-14-6-8-15(9-7-14)26-27(3,22)23/h6-9H,4-5,10-13H2,1-3H3,(H,18,21). The predicted octanol–water partition coefficient (Wildman–Crippen LogP) is 1.14. The van der Waals surface area contributed by atoms with Gasteiger partial charge in [-0.25, -0.2) is 4.79 Å². The number of ether oxygens (including phenoxy) is 2. The van der Waals surface area contributed by atoms with E-state index in [1.165, 1.54) is 17.0 Å². The van der Waals surface area contributed by atoms with Crippen molar-refractivity contribution in [2.24, 2.45) is 0 Å². The van der Waals surface area contributed by atoms with Gasteiger partial charge in [-0.1, -0.05) is 12.1 Å². The Balaban J connectivity index is 2.72. The fourth-order valence-electron chi connectivity index (χ4n) is 2.17. The van der Waals surface area contributed by atoms with Gasteiger partial charge in [-0.15, -0.1) is 0 Å². The first-order valence-electron chi connectivity index (χ1n) is 8.41. The van der Waals surface area contributed by atoms with E-state index in [-0.39, 0.29) is 25.4 Å². The molecule has 0 spiro atoms. The molecule has 0 fully saturated rings. The zero-order valence-electron chi connectivity index (χ0n) is 15.8. The molecule has 1 aromatic carbocycles. The number of benzene rings is 1. The molecule has 1 aromatic rings. The highest BCUT2D eigenvalue weighted by atomic mass is 32.2. The minimum Gasteiger partial charge on any atom is -0.465 e. The van der Waals surface area contributed by atoms with Gasteiger partial charge in [0.1, 0.15) is 12.3 Å². The van der Waals surface area contributed by atoms with Gasteiger partial charge in [0, 0.05) is 26.8 Å². The van der Waals surface area contributed by atoms with Gasteiger partial charge >= 0.3 is 22.1 Å². The molecule has 0 saturated carbocycles. The van der Waals surface area contributed by atoms with E-state index in [9.17, 15) is 18.0 Å². The van der Waals surface area contributed by atoms with Crippen molar-refractivity contribution in [2.75, 3.05) is 39.7 Å². The minimum absolute atomic E-state index is 0.193. The molecule has 0 unspecified atom stereocenters. The molecule has 0 heterocycles. The van der Waals surface area contributed by atoms with E-state index in [0.29, 0.717) is 19.6 Å². The lowest BCUT2D eigenvalue weighted by Crippen LogP contribution is -2.42. The summed E-state index contributed by atoms with van der Waals surface area (Å²) in [6, 6.07) is 5.96. The Hall–Kier alpha value is -2.33. The van der Waals surface area contributed by atoms with Gasteiger partial charge in [-0.3, -0.25) is 4.79 Å². The Kier molecular flexibility index (Phi) is 9.59. The van der Waals surface area contributed by atoms with Crippen LogP contribution >= 0.6 is 0 Å². The molecule has 0 aliphatic rings. The first-order valence-corrected chi connectivity index (χ1v) is 10.2. The number of carbonyl (C=O) groups is 2. The molecule has 27 heavy (non-hydrogen) atoms. The quantitative estimate of drug-likeness (QED) is 0.336. The molecule has 10 heteroatoms. The summed E-state index contributed by atoms with van der Waals surface area (Å²) in [5, 5.41) is 2.52. The molecule has 0 aromatic heterocycles. The van der Waals surface area contributed by atoms with Gasteiger partial charge in [0.15, 0.2) is 0 Å². The molecule has 2 amide bonds. The van der Waals surface area contributed by atoms with Crippen molar-refractivity contribution in [3.63, 3.8) is 0 Å². The lowest BCUT2D eigenvalue weighted by Gasteiger charge is -2.23. The number of nitrogens with one attached hydrogen (secondary N) is 1. The van der Waals surface area contributed by atoms with E-state index in [1.54, 1.807) is 26.2 Å². The van der Waals surface area contributed by atoms with Crippen LogP contribution in [0.15, 0.2) is 24.3 Å². The Bertz CT molecular complexity index is 704. The smallest absolute Gasteiger partial charge is 0.325 e. The maximum atomic E-state index is 12.4. The fraction of sp³-hybridized carbons (Fsp3) is 0.529. The van der Waals surface area contributed by atoms with Crippen molar-refractivity contribution in [3.8, 4) is 5.75 Å². The molecule has 0 aliphatic carbocycles. The number of hydrogen-bond donors (Lipinski definition) is 1. The average Bonchev–Trinajstić information content (AvgIpc) is 2.59. The predicted molar refractivity (Wildman–Crippen MR) is 98.8 cm³/mol. The summed E-state index contributed by atoms with van der Waals surface area (Å²) in [7, 11) is -2.02. The summed E-state index contributed by atoms with van der Waals surface area (Å²) in [5.74, 6) is -0.316. The lowest BCUT2D eigenvalue weighted by molar-refractivity contribution is -0.141. The number of amides is 2. The third-order valence-electron chi connectivity index (χ3n) is 3.30. The highest BCUT2D eigenvalue weighted by Gasteiger charge is 2.15. The normalized spacial score (nSPS) is 10.9. The van der Waals surface area contributed by atoms with E-state index in [0.717, 1.165) is 11.8 Å². The van der Waals surface area contributed by atoms with E-state index >= 15 is 0 Å². The second-order valence-electron chi connectivity index (χ2n) is 5.66. The van der Waals surface area contributed by atoms with Crippen molar-refractivity contribution in [3.05, 3.63) is 29.8 Å². The Labute approximate surface area is 159 Å². The van der Waals surface area contributed by atoms with Crippen LogP contribution in [0.4, 0.5) is 4.79 Å². The van der Waals surface area contributed by atoms with Crippen LogP contribution in [0.25, 0.3) is 0 Å². The Morgan fingerprint density at radius 2 is 1.85 bits per heavy atom. The molecule has 152 valence electrons. The third-order valence-corrected chi connectivity index (χ3v) is 3.79. The maximum Gasteiger partial charge on any atom is 0.325 e. The summed E-state index contributed by atoms with van der Waals surface area (Å²) in [6.07, 6.45) is 1.59. The van der Waals surface area contributed by atoms with Crippen LogP contribution in [-0.4, -0.2) is 65.0 Å². The number of urea groups is 1. The summed E-state index contributed by atoms with van der Waals surface area (Å²) >= 11 is 0. The molecule has 1 N–H and O–H groups in total. The highest BCUT2D eigenvalue weighted by molar-refractivity contribution is 7.86. The molecule has 9 nitrogen and oxygen atoms in total. The third kappa shape index (κ3) is 9.80. The average molecular weight is 402 g/mol. The molecule has 0 radical (unpaired) electrons. The first-order chi connectivity index (χ1) is 12.7. The second-order valence-corrected chi connectivity index (χ2v) is 7.24. The van der Waals surface area contributed by atoms with Crippen LogP contribution in [0.2, 0.25) is 0 Å². The zero-order valence-corrected chi connectivity index (χ0v) is 16.6. The fourth-order valence-corrected chi connectivity index (χ4v) is 2.63. The zero-order chi connectivity index (χ0) is 20.3. The van der Waals surface area contributed by atoms with Gasteiger partial charge in [-0.05, 0) is 31.0 Å². The largest absolute Gasteiger partial charge is 0.465 e. The summed E-state index contributed by atoms with van der Waals surface area (Å²) in [5.41, 5.74) is 0.777. The molecule has 0 atom stereocenters.